The average Bonchev–Trinajstić information content (AvgIpc) is 2.04. The van der Waals surface area contributed by atoms with Gasteiger partial charge in [-0.1, -0.05) is 0 Å². The zero-order valence-corrected chi connectivity index (χ0v) is 7.48. The molecule has 0 unspecified atom stereocenters. The Labute approximate surface area is 71.4 Å². The number of nitrogens with zero attached hydrogens (tertiary/aromatic N) is 2. The minimum absolute atomic E-state index is 0.128. The molecule has 1 heterocycles. The fraction of sp³-hybridized carbons (Fsp3) is 0.750. The molecule has 0 spiro atoms. The van der Waals surface area contributed by atoms with E-state index >= 15 is 0 Å². The normalized spacial score (nSPS) is 19.5. The highest BCUT2D eigenvalue weighted by atomic mass is 19.3. The van der Waals surface area contributed by atoms with Gasteiger partial charge in [-0.15, -0.1) is 0 Å². The van der Waals surface area contributed by atoms with Crippen LogP contribution in [0.3, 0.4) is 0 Å². The highest BCUT2D eigenvalue weighted by molar-refractivity contribution is 4.99. The summed E-state index contributed by atoms with van der Waals surface area (Å²) >= 11 is 0. The Morgan fingerprint density at radius 2 is 1.58 bits per heavy atom. The van der Waals surface area contributed by atoms with Gasteiger partial charge in [0.25, 0.3) is 6.08 Å². The van der Waals surface area contributed by atoms with Crippen LogP contribution in [-0.4, -0.2) is 43.0 Å². The largest absolute Gasteiger partial charge is 0.368 e. The van der Waals surface area contributed by atoms with Crippen LogP contribution >= 0.6 is 0 Å². The molecule has 12 heavy (non-hydrogen) atoms. The van der Waals surface area contributed by atoms with Gasteiger partial charge in [0, 0.05) is 26.2 Å². The Morgan fingerprint density at radius 1 is 1.08 bits per heavy atom. The van der Waals surface area contributed by atoms with Crippen molar-refractivity contribution >= 4 is 0 Å². The molecular weight excluding hydrogens is 162 g/mol. The second-order valence-corrected chi connectivity index (χ2v) is 3.14. The Bertz CT molecular complexity index is 179. The van der Waals surface area contributed by atoms with Gasteiger partial charge < -0.3 is 9.80 Å². The van der Waals surface area contributed by atoms with Crippen molar-refractivity contribution in [2.75, 3.05) is 33.2 Å². The third-order valence-electron chi connectivity index (χ3n) is 2.25. The molecule has 1 aliphatic rings. The Hall–Kier alpha value is -0.640. The molecule has 1 fully saturated rings. The minimum atomic E-state index is -1.56. The van der Waals surface area contributed by atoms with Crippen LogP contribution in [0.1, 0.15) is 6.92 Å². The third kappa shape index (κ3) is 2.17. The zero-order valence-electron chi connectivity index (χ0n) is 7.48. The van der Waals surface area contributed by atoms with Crippen molar-refractivity contribution in [3.05, 3.63) is 11.8 Å². The number of hydrogen-bond donors (Lipinski definition) is 0. The molecular formula is C8H14F2N2. The van der Waals surface area contributed by atoms with E-state index in [4.69, 9.17) is 0 Å². The first-order valence-electron chi connectivity index (χ1n) is 4.06. The standard InChI is InChI=1S/C8H14F2N2/c1-7(8(9)10)12-5-3-11(2)4-6-12/h3-6H2,1-2H3. The lowest BCUT2D eigenvalue weighted by Crippen LogP contribution is -2.43. The van der Waals surface area contributed by atoms with Gasteiger partial charge in [-0.2, -0.15) is 8.78 Å². The van der Waals surface area contributed by atoms with Gasteiger partial charge >= 0.3 is 0 Å². The lowest BCUT2D eigenvalue weighted by Gasteiger charge is -2.33. The first-order valence-corrected chi connectivity index (χ1v) is 4.06. The van der Waals surface area contributed by atoms with Crippen LogP contribution in [0.25, 0.3) is 0 Å². The fourth-order valence-corrected chi connectivity index (χ4v) is 1.26. The van der Waals surface area contributed by atoms with Gasteiger partial charge in [0.2, 0.25) is 0 Å². The van der Waals surface area contributed by atoms with E-state index in [-0.39, 0.29) is 5.70 Å². The molecule has 0 saturated carbocycles. The summed E-state index contributed by atoms with van der Waals surface area (Å²) in [7, 11) is 2.00. The second-order valence-electron chi connectivity index (χ2n) is 3.14. The van der Waals surface area contributed by atoms with Crippen molar-refractivity contribution in [3.8, 4) is 0 Å². The monoisotopic (exact) mass is 176 g/mol. The molecule has 1 rings (SSSR count). The molecule has 0 aromatic heterocycles. The number of rotatable bonds is 1. The SMILES string of the molecule is CC(=C(F)F)N1CCN(C)CC1. The van der Waals surface area contributed by atoms with E-state index in [1.54, 1.807) is 4.90 Å². The first kappa shape index (κ1) is 9.45. The van der Waals surface area contributed by atoms with Crippen molar-refractivity contribution < 1.29 is 8.78 Å². The number of piperazine rings is 1. The quantitative estimate of drug-likeness (QED) is 0.595. The van der Waals surface area contributed by atoms with E-state index in [0.29, 0.717) is 13.1 Å². The molecule has 2 nitrogen and oxygen atoms in total. The fourth-order valence-electron chi connectivity index (χ4n) is 1.26. The van der Waals surface area contributed by atoms with Crippen LogP contribution in [0.2, 0.25) is 0 Å². The average molecular weight is 176 g/mol. The smallest absolute Gasteiger partial charge is 0.288 e. The highest BCUT2D eigenvalue weighted by Gasteiger charge is 2.16. The Morgan fingerprint density at radius 3 is 2.00 bits per heavy atom. The van der Waals surface area contributed by atoms with E-state index in [2.05, 4.69) is 4.90 Å². The maximum Gasteiger partial charge on any atom is 0.288 e. The lowest BCUT2D eigenvalue weighted by atomic mass is 10.3. The zero-order chi connectivity index (χ0) is 9.14. The molecule has 0 aliphatic carbocycles. The molecule has 0 bridgehead atoms. The molecule has 70 valence electrons. The first-order chi connectivity index (χ1) is 5.61. The Kier molecular flexibility index (Phi) is 3.03. The molecule has 0 atom stereocenters. The summed E-state index contributed by atoms with van der Waals surface area (Å²) in [4.78, 5) is 3.87. The van der Waals surface area contributed by atoms with Crippen LogP contribution in [0.15, 0.2) is 11.8 Å². The summed E-state index contributed by atoms with van der Waals surface area (Å²) in [6.07, 6.45) is -1.56. The van der Waals surface area contributed by atoms with Crippen molar-refractivity contribution in [3.63, 3.8) is 0 Å². The molecule has 0 radical (unpaired) electrons. The van der Waals surface area contributed by atoms with Crippen molar-refractivity contribution in [2.45, 2.75) is 6.92 Å². The lowest BCUT2D eigenvalue weighted by molar-refractivity contribution is 0.177. The van der Waals surface area contributed by atoms with E-state index in [0.717, 1.165) is 13.1 Å². The van der Waals surface area contributed by atoms with Gasteiger partial charge in [-0.25, -0.2) is 0 Å². The van der Waals surface area contributed by atoms with E-state index < -0.39 is 6.08 Å². The number of allylic oxidation sites excluding steroid dienone is 1. The van der Waals surface area contributed by atoms with Gasteiger partial charge in [-0.05, 0) is 14.0 Å². The maximum absolute atomic E-state index is 12.1. The molecule has 0 N–H and O–H groups in total. The predicted octanol–water partition coefficient (Wildman–Crippen LogP) is 1.36. The van der Waals surface area contributed by atoms with Gasteiger partial charge in [0.05, 0.1) is 5.70 Å². The second kappa shape index (κ2) is 3.85. The minimum Gasteiger partial charge on any atom is -0.368 e. The molecule has 0 aromatic carbocycles. The summed E-state index contributed by atoms with van der Waals surface area (Å²) in [6.45, 7) is 4.62. The summed E-state index contributed by atoms with van der Waals surface area (Å²) in [5.41, 5.74) is 0.128. The summed E-state index contributed by atoms with van der Waals surface area (Å²) in [5.74, 6) is 0. The molecule has 0 aromatic rings. The van der Waals surface area contributed by atoms with Crippen LogP contribution < -0.4 is 0 Å². The van der Waals surface area contributed by atoms with Gasteiger partial charge in [-0.3, -0.25) is 0 Å². The third-order valence-corrected chi connectivity index (χ3v) is 2.25. The predicted molar refractivity (Wildman–Crippen MR) is 44.0 cm³/mol. The van der Waals surface area contributed by atoms with Crippen LogP contribution in [-0.2, 0) is 0 Å². The number of likely N-dealkylation sites (N-methyl/N-ethyl adjacent to an activating group) is 1. The van der Waals surface area contributed by atoms with Crippen molar-refractivity contribution in [2.24, 2.45) is 0 Å². The summed E-state index contributed by atoms with van der Waals surface area (Å²) in [6, 6.07) is 0. The van der Waals surface area contributed by atoms with Gasteiger partial charge in [0.15, 0.2) is 0 Å². The van der Waals surface area contributed by atoms with Crippen molar-refractivity contribution in [1.82, 2.24) is 9.80 Å². The molecule has 1 saturated heterocycles. The number of halogens is 2. The van der Waals surface area contributed by atoms with E-state index in [9.17, 15) is 8.78 Å². The topological polar surface area (TPSA) is 6.48 Å². The molecule has 4 heteroatoms. The molecule has 1 aliphatic heterocycles. The van der Waals surface area contributed by atoms with Crippen LogP contribution in [0.4, 0.5) is 8.78 Å². The highest BCUT2D eigenvalue weighted by Crippen LogP contribution is 2.13. The van der Waals surface area contributed by atoms with E-state index in [1.807, 2.05) is 7.05 Å². The van der Waals surface area contributed by atoms with Crippen LogP contribution in [0.5, 0.6) is 0 Å². The summed E-state index contributed by atoms with van der Waals surface area (Å²) < 4.78 is 24.3. The van der Waals surface area contributed by atoms with Gasteiger partial charge in [0.1, 0.15) is 0 Å². The van der Waals surface area contributed by atoms with Crippen molar-refractivity contribution in [1.29, 1.82) is 0 Å². The number of hydrogen-bond acceptors (Lipinski definition) is 2. The van der Waals surface area contributed by atoms with Crippen LogP contribution in [0, 0.1) is 0 Å². The summed E-state index contributed by atoms with van der Waals surface area (Å²) in [5, 5.41) is 0. The van der Waals surface area contributed by atoms with E-state index in [1.165, 1.54) is 6.92 Å². The Balaban J connectivity index is 2.50. The molecule has 0 amide bonds. The maximum atomic E-state index is 12.1.